The average molecular weight is 335 g/mol. The molecule has 24 heavy (non-hydrogen) atoms. The number of halogens is 2. The van der Waals surface area contributed by atoms with Gasteiger partial charge in [0.15, 0.2) is 0 Å². The fraction of sp³-hybridized carbons (Fsp3) is 0.500. The maximum atomic E-state index is 13.4. The van der Waals surface area contributed by atoms with Crippen molar-refractivity contribution in [2.24, 2.45) is 11.8 Å². The Labute approximate surface area is 141 Å². The van der Waals surface area contributed by atoms with E-state index in [9.17, 15) is 8.78 Å². The van der Waals surface area contributed by atoms with Crippen LogP contribution in [0.25, 0.3) is 11.3 Å². The summed E-state index contributed by atoms with van der Waals surface area (Å²) >= 11 is 0. The first-order chi connectivity index (χ1) is 11.4. The summed E-state index contributed by atoms with van der Waals surface area (Å²) in [4.78, 5) is 4.08. The summed E-state index contributed by atoms with van der Waals surface area (Å²) in [5, 5.41) is 7.70. The van der Waals surface area contributed by atoms with Crippen molar-refractivity contribution in [1.29, 1.82) is 0 Å². The van der Waals surface area contributed by atoms with Crippen LogP contribution in [0.3, 0.4) is 0 Å². The molecule has 0 aromatic carbocycles. The second-order valence-corrected chi connectivity index (χ2v) is 6.51. The molecule has 0 amide bonds. The minimum absolute atomic E-state index is 0.142. The molecule has 0 aliphatic heterocycles. The van der Waals surface area contributed by atoms with Gasteiger partial charge in [0, 0.05) is 5.56 Å². The smallest absolute Gasteiger partial charge is 0.284 e. The predicted octanol–water partition coefficient (Wildman–Crippen LogP) is 4.85. The second kappa shape index (κ2) is 8.13. The van der Waals surface area contributed by atoms with Crippen LogP contribution in [0.5, 0.6) is 5.75 Å². The second-order valence-electron chi connectivity index (χ2n) is 6.51. The van der Waals surface area contributed by atoms with Gasteiger partial charge in [-0.3, -0.25) is 0 Å². The standard InChI is InChI=1S/C18H23F2N3O/c1-11(2)7-12(3)10-24-16-6-5-15(22-17(16)18(19)20)14-8-13(4)23-21-9-14/h5-6,8-9,11-12,18H,7,10H2,1-4H3. The summed E-state index contributed by atoms with van der Waals surface area (Å²) in [6, 6.07) is 4.99. The van der Waals surface area contributed by atoms with E-state index in [1.807, 2.05) is 0 Å². The van der Waals surface area contributed by atoms with Crippen LogP contribution in [0.4, 0.5) is 8.78 Å². The molecule has 0 saturated heterocycles. The number of hydrogen-bond acceptors (Lipinski definition) is 4. The van der Waals surface area contributed by atoms with Crippen molar-refractivity contribution in [1.82, 2.24) is 15.2 Å². The van der Waals surface area contributed by atoms with Gasteiger partial charge >= 0.3 is 0 Å². The maximum absolute atomic E-state index is 13.4. The Morgan fingerprint density at radius 1 is 1.17 bits per heavy atom. The van der Waals surface area contributed by atoms with Gasteiger partial charge in [0.05, 0.1) is 24.2 Å². The summed E-state index contributed by atoms with van der Waals surface area (Å²) in [5.41, 5.74) is 1.46. The van der Waals surface area contributed by atoms with Crippen LogP contribution < -0.4 is 4.74 Å². The zero-order chi connectivity index (χ0) is 17.7. The Bertz CT molecular complexity index is 677. The highest BCUT2D eigenvalue weighted by molar-refractivity contribution is 5.59. The lowest BCUT2D eigenvalue weighted by Crippen LogP contribution is -2.12. The highest BCUT2D eigenvalue weighted by Gasteiger charge is 2.19. The normalized spacial score (nSPS) is 12.7. The van der Waals surface area contributed by atoms with Gasteiger partial charge < -0.3 is 4.74 Å². The Kier molecular flexibility index (Phi) is 6.17. The summed E-state index contributed by atoms with van der Waals surface area (Å²) in [7, 11) is 0. The molecule has 2 aromatic heterocycles. The molecule has 1 unspecified atom stereocenters. The Morgan fingerprint density at radius 2 is 1.92 bits per heavy atom. The van der Waals surface area contributed by atoms with E-state index in [1.165, 1.54) is 6.20 Å². The van der Waals surface area contributed by atoms with E-state index in [4.69, 9.17) is 4.74 Å². The third-order valence-electron chi connectivity index (χ3n) is 3.56. The zero-order valence-corrected chi connectivity index (χ0v) is 14.5. The first-order valence-electron chi connectivity index (χ1n) is 8.08. The average Bonchev–Trinajstić information content (AvgIpc) is 2.52. The molecule has 0 radical (unpaired) electrons. The summed E-state index contributed by atoms with van der Waals surface area (Å²) in [5.74, 6) is 0.978. The Balaban J connectivity index is 2.21. The molecule has 6 heteroatoms. The van der Waals surface area contributed by atoms with Crippen LogP contribution in [0.15, 0.2) is 24.4 Å². The van der Waals surface area contributed by atoms with Crippen molar-refractivity contribution in [3.05, 3.63) is 35.8 Å². The molecule has 2 rings (SSSR count). The Hall–Kier alpha value is -2.11. The van der Waals surface area contributed by atoms with Crippen molar-refractivity contribution < 1.29 is 13.5 Å². The minimum Gasteiger partial charge on any atom is -0.491 e. The molecular formula is C18H23F2N3O. The minimum atomic E-state index is -2.70. The number of hydrogen-bond donors (Lipinski definition) is 0. The van der Waals surface area contributed by atoms with Gasteiger partial charge in [0.25, 0.3) is 6.43 Å². The predicted molar refractivity (Wildman–Crippen MR) is 89.1 cm³/mol. The molecular weight excluding hydrogens is 312 g/mol. The summed E-state index contributed by atoms with van der Waals surface area (Å²) in [6.07, 6.45) is -0.205. The molecule has 2 heterocycles. The van der Waals surface area contributed by atoms with Gasteiger partial charge in [-0.25, -0.2) is 13.8 Å². The van der Waals surface area contributed by atoms with Gasteiger partial charge in [-0.2, -0.15) is 10.2 Å². The molecule has 130 valence electrons. The SMILES string of the molecule is Cc1cc(-c2ccc(OCC(C)CC(C)C)c(C(F)F)n2)cnn1. The first-order valence-corrected chi connectivity index (χ1v) is 8.08. The van der Waals surface area contributed by atoms with E-state index in [1.54, 1.807) is 25.1 Å². The van der Waals surface area contributed by atoms with Crippen LogP contribution in [0, 0.1) is 18.8 Å². The van der Waals surface area contributed by atoms with Gasteiger partial charge in [-0.1, -0.05) is 20.8 Å². The molecule has 0 N–H and O–H groups in total. The fourth-order valence-electron chi connectivity index (χ4n) is 2.62. The summed E-state index contributed by atoms with van der Waals surface area (Å²) < 4.78 is 32.3. The van der Waals surface area contributed by atoms with Gasteiger partial charge in [0.2, 0.25) is 0 Å². The number of aromatic nitrogens is 3. The van der Waals surface area contributed by atoms with E-state index in [0.29, 0.717) is 35.4 Å². The number of rotatable bonds is 7. The molecule has 0 saturated carbocycles. The molecule has 1 atom stereocenters. The highest BCUT2D eigenvalue weighted by atomic mass is 19.3. The quantitative estimate of drug-likeness (QED) is 0.726. The van der Waals surface area contributed by atoms with Gasteiger partial charge in [-0.15, -0.1) is 0 Å². The molecule has 0 aliphatic rings. The third kappa shape index (κ3) is 4.94. The van der Waals surface area contributed by atoms with E-state index in [2.05, 4.69) is 36.0 Å². The summed E-state index contributed by atoms with van der Waals surface area (Å²) in [6.45, 7) is 8.49. The van der Waals surface area contributed by atoms with Gasteiger partial charge in [-0.05, 0) is 43.4 Å². The molecule has 0 bridgehead atoms. The zero-order valence-electron chi connectivity index (χ0n) is 14.5. The van der Waals surface area contributed by atoms with Crippen LogP contribution in [-0.4, -0.2) is 21.8 Å². The largest absolute Gasteiger partial charge is 0.491 e. The first kappa shape index (κ1) is 18.2. The van der Waals surface area contributed by atoms with Crippen LogP contribution in [0.1, 0.15) is 45.0 Å². The molecule has 4 nitrogen and oxygen atoms in total. The van der Waals surface area contributed by atoms with Crippen molar-refractivity contribution >= 4 is 0 Å². The van der Waals surface area contributed by atoms with E-state index >= 15 is 0 Å². The number of nitrogens with zero attached hydrogens (tertiary/aromatic N) is 3. The molecule has 0 spiro atoms. The number of aryl methyl sites for hydroxylation is 1. The Morgan fingerprint density at radius 3 is 2.54 bits per heavy atom. The molecule has 0 aliphatic carbocycles. The fourth-order valence-corrected chi connectivity index (χ4v) is 2.62. The number of alkyl halides is 2. The van der Waals surface area contributed by atoms with Crippen molar-refractivity contribution in [2.75, 3.05) is 6.61 Å². The topological polar surface area (TPSA) is 47.9 Å². The van der Waals surface area contributed by atoms with Crippen molar-refractivity contribution in [3.8, 4) is 17.0 Å². The van der Waals surface area contributed by atoms with Crippen molar-refractivity contribution in [2.45, 2.75) is 40.5 Å². The molecule has 2 aromatic rings. The highest BCUT2D eigenvalue weighted by Crippen LogP contribution is 2.30. The monoisotopic (exact) mass is 335 g/mol. The van der Waals surface area contributed by atoms with Crippen molar-refractivity contribution in [3.63, 3.8) is 0 Å². The van der Waals surface area contributed by atoms with Crippen LogP contribution in [-0.2, 0) is 0 Å². The lowest BCUT2D eigenvalue weighted by Gasteiger charge is -2.17. The van der Waals surface area contributed by atoms with E-state index in [0.717, 1.165) is 6.42 Å². The van der Waals surface area contributed by atoms with Crippen LogP contribution in [0.2, 0.25) is 0 Å². The third-order valence-corrected chi connectivity index (χ3v) is 3.56. The lowest BCUT2D eigenvalue weighted by molar-refractivity contribution is 0.137. The lowest BCUT2D eigenvalue weighted by atomic mass is 10.00. The van der Waals surface area contributed by atoms with E-state index < -0.39 is 6.43 Å². The molecule has 0 fully saturated rings. The number of pyridine rings is 1. The number of ether oxygens (including phenoxy) is 1. The maximum Gasteiger partial charge on any atom is 0.284 e. The van der Waals surface area contributed by atoms with E-state index in [-0.39, 0.29) is 11.4 Å². The van der Waals surface area contributed by atoms with Crippen LogP contribution >= 0.6 is 0 Å². The van der Waals surface area contributed by atoms with Gasteiger partial charge in [0.1, 0.15) is 11.4 Å².